The second-order valence-corrected chi connectivity index (χ2v) is 4.81. The van der Waals surface area contributed by atoms with Gasteiger partial charge in [-0.1, -0.05) is 13.8 Å². The first kappa shape index (κ1) is 13.7. The van der Waals surface area contributed by atoms with Crippen molar-refractivity contribution in [3.05, 3.63) is 28.1 Å². The van der Waals surface area contributed by atoms with Gasteiger partial charge < -0.3 is 5.32 Å². The van der Waals surface area contributed by atoms with Gasteiger partial charge in [-0.25, -0.2) is 19.3 Å². The molecular formula is C13H21N5O. The summed E-state index contributed by atoms with van der Waals surface area (Å²) < 4.78 is 1.49. The molecule has 0 amide bonds. The molecule has 0 aliphatic heterocycles. The van der Waals surface area contributed by atoms with Crippen LogP contribution in [0.4, 0.5) is 0 Å². The summed E-state index contributed by atoms with van der Waals surface area (Å²) in [7, 11) is 0. The molecular weight excluding hydrogens is 242 g/mol. The summed E-state index contributed by atoms with van der Waals surface area (Å²) in [5.74, 6) is 0.990. The van der Waals surface area contributed by atoms with E-state index in [1.165, 1.54) is 4.40 Å². The number of aryl methyl sites for hydroxylation is 1. The van der Waals surface area contributed by atoms with Crippen molar-refractivity contribution in [2.75, 3.05) is 6.54 Å². The van der Waals surface area contributed by atoms with E-state index in [4.69, 9.17) is 0 Å². The smallest absolute Gasteiger partial charge is 0.314 e. The van der Waals surface area contributed by atoms with Crippen LogP contribution < -0.4 is 11.0 Å². The number of rotatable bonds is 5. The standard InChI is InChI=1S/C13H21N5O/c1-5-10(8(3)14-6-2)11-7-12-16-17-13(19)18(12)9(4)15-11/h7-8,10,14H,5-6H2,1-4H3,(H,17,19). The fourth-order valence-corrected chi connectivity index (χ4v) is 2.59. The normalized spacial score (nSPS) is 14.7. The Morgan fingerprint density at radius 1 is 1.47 bits per heavy atom. The van der Waals surface area contributed by atoms with Crippen molar-refractivity contribution in [3.8, 4) is 0 Å². The molecule has 2 heterocycles. The van der Waals surface area contributed by atoms with Crippen LogP contribution in [0.2, 0.25) is 0 Å². The highest BCUT2D eigenvalue weighted by atomic mass is 16.1. The average Bonchev–Trinajstić information content (AvgIpc) is 2.73. The molecule has 0 bridgehead atoms. The van der Waals surface area contributed by atoms with E-state index in [0.29, 0.717) is 23.4 Å². The molecule has 104 valence electrons. The van der Waals surface area contributed by atoms with E-state index in [1.54, 1.807) is 0 Å². The zero-order valence-electron chi connectivity index (χ0n) is 11.9. The van der Waals surface area contributed by atoms with Gasteiger partial charge >= 0.3 is 5.69 Å². The summed E-state index contributed by atoms with van der Waals surface area (Å²) in [6.45, 7) is 9.17. The SMILES string of the molecule is CCNC(C)C(CC)c1cc2n[nH]c(=O)n2c(C)n1. The van der Waals surface area contributed by atoms with Crippen LogP contribution in [0.25, 0.3) is 5.65 Å². The van der Waals surface area contributed by atoms with Crippen molar-refractivity contribution in [1.82, 2.24) is 24.9 Å². The number of aromatic nitrogens is 4. The van der Waals surface area contributed by atoms with Gasteiger partial charge in [-0.05, 0) is 26.8 Å². The van der Waals surface area contributed by atoms with Crippen molar-refractivity contribution in [2.24, 2.45) is 0 Å². The van der Waals surface area contributed by atoms with Crippen LogP contribution in [0.15, 0.2) is 10.9 Å². The van der Waals surface area contributed by atoms with E-state index < -0.39 is 0 Å². The van der Waals surface area contributed by atoms with Crippen LogP contribution in [0.3, 0.4) is 0 Å². The van der Waals surface area contributed by atoms with Crippen molar-refractivity contribution < 1.29 is 0 Å². The van der Waals surface area contributed by atoms with Gasteiger partial charge in [-0.2, -0.15) is 5.10 Å². The van der Waals surface area contributed by atoms with E-state index in [9.17, 15) is 4.79 Å². The molecule has 0 spiro atoms. The number of nitrogens with one attached hydrogen (secondary N) is 2. The van der Waals surface area contributed by atoms with Gasteiger partial charge in [0, 0.05) is 18.0 Å². The Bertz CT molecular complexity index is 615. The summed E-state index contributed by atoms with van der Waals surface area (Å²) in [5, 5.41) is 9.92. The van der Waals surface area contributed by atoms with Crippen LogP contribution in [-0.2, 0) is 0 Å². The van der Waals surface area contributed by atoms with Gasteiger partial charge in [0.05, 0.1) is 5.69 Å². The largest absolute Gasteiger partial charge is 0.349 e. The van der Waals surface area contributed by atoms with Crippen LogP contribution in [0, 0.1) is 6.92 Å². The lowest BCUT2D eigenvalue weighted by molar-refractivity contribution is 0.451. The monoisotopic (exact) mass is 263 g/mol. The van der Waals surface area contributed by atoms with Crippen LogP contribution in [-0.4, -0.2) is 32.2 Å². The molecule has 2 N–H and O–H groups in total. The Balaban J connectivity index is 2.46. The van der Waals surface area contributed by atoms with E-state index in [0.717, 1.165) is 18.7 Å². The number of fused-ring (bicyclic) bond motifs is 1. The lowest BCUT2D eigenvalue weighted by Gasteiger charge is -2.23. The second-order valence-electron chi connectivity index (χ2n) is 4.81. The Labute approximate surface area is 112 Å². The molecule has 0 saturated carbocycles. The number of hydrogen-bond donors (Lipinski definition) is 2. The molecule has 6 heteroatoms. The molecule has 0 aliphatic rings. The maximum absolute atomic E-state index is 11.6. The van der Waals surface area contributed by atoms with E-state index >= 15 is 0 Å². The molecule has 0 saturated heterocycles. The first-order valence-corrected chi connectivity index (χ1v) is 6.76. The third kappa shape index (κ3) is 2.53. The Hall–Kier alpha value is -1.69. The van der Waals surface area contributed by atoms with Crippen LogP contribution in [0.1, 0.15) is 44.6 Å². The molecule has 19 heavy (non-hydrogen) atoms. The number of nitrogens with zero attached hydrogens (tertiary/aromatic N) is 3. The van der Waals surface area contributed by atoms with Gasteiger partial charge in [0.2, 0.25) is 0 Å². The Kier molecular flexibility index (Phi) is 3.99. The second kappa shape index (κ2) is 5.52. The van der Waals surface area contributed by atoms with E-state index in [2.05, 4.69) is 41.3 Å². The van der Waals surface area contributed by atoms with E-state index in [-0.39, 0.29) is 5.69 Å². The summed E-state index contributed by atoms with van der Waals surface area (Å²) in [6.07, 6.45) is 0.992. The fraction of sp³-hybridized carbons (Fsp3) is 0.615. The third-order valence-electron chi connectivity index (χ3n) is 3.54. The molecule has 6 nitrogen and oxygen atoms in total. The minimum absolute atomic E-state index is 0.237. The summed E-state index contributed by atoms with van der Waals surface area (Å²) in [4.78, 5) is 16.2. The lowest BCUT2D eigenvalue weighted by atomic mass is 9.94. The Morgan fingerprint density at radius 3 is 2.84 bits per heavy atom. The quantitative estimate of drug-likeness (QED) is 0.850. The number of H-pyrrole nitrogens is 1. The van der Waals surface area contributed by atoms with Gasteiger partial charge in [-0.3, -0.25) is 0 Å². The van der Waals surface area contributed by atoms with Gasteiger partial charge in [0.15, 0.2) is 5.65 Å². The molecule has 2 aromatic heterocycles. The molecule has 0 aromatic carbocycles. The summed E-state index contributed by atoms with van der Waals surface area (Å²) in [6, 6.07) is 2.24. The van der Waals surface area contributed by atoms with Crippen molar-refractivity contribution >= 4 is 5.65 Å². The van der Waals surface area contributed by atoms with Crippen molar-refractivity contribution in [1.29, 1.82) is 0 Å². The maximum atomic E-state index is 11.6. The van der Waals surface area contributed by atoms with Crippen LogP contribution >= 0.6 is 0 Å². The van der Waals surface area contributed by atoms with Crippen molar-refractivity contribution in [3.63, 3.8) is 0 Å². The zero-order chi connectivity index (χ0) is 14.0. The summed E-state index contributed by atoms with van der Waals surface area (Å²) in [5.41, 5.74) is 1.38. The van der Waals surface area contributed by atoms with Crippen molar-refractivity contribution in [2.45, 2.75) is 46.1 Å². The molecule has 0 fully saturated rings. The van der Waals surface area contributed by atoms with Gasteiger partial charge in [0.25, 0.3) is 0 Å². The number of aromatic amines is 1. The van der Waals surface area contributed by atoms with Crippen LogP contribution in [0.5, 0.6) is 0 Å². The predicted molar refractivity (Wildman–Crippen MR) is 74.5 cm³/mol. The van der Waals surface area contributed by atoms with Gasteiger partial charge in [-0.15, -0.1) is 0 Å². The maximum Gasteiger partial charge on any atom is 0.349 e. The third-order valence-corrected chi connectivity index (χ3v) is 3.54. The minimum Gasteiger partial charge on any atom is -0.314 e. The minimum atomic E-state index is -0.237. The molecule has 2 atom stereocenters. The zero-order valence-corrected chi connectivity index (χ0v) is 11.9. The van der Waals surface area contributed by atoms with E-state index in [1.807, 2.05) is 13.0 Å². The lowest BCUT2D eigenvalue weighted by Crippen LogP contribution is -2.32. The van der Waals surface area contributed by atoms with Gasteiger partial charge in [0.1, 0.15) is 5.82 Å². The first-order chi connectivity index (χ1) is 9.08. The highest BCUT2D eigenvalue weighted by molar-refractivity contribution is 5.39. The highest BCUT2D eigenvalue weighted by Crippen LogP contribution is 2.22. The molecule has 2 unspecified atom stereocenters. The predicted octanol–water partition coefficient (Wildman–Crippen LogP) is 1.22. The Morgan fingerprint density at radius 2 is 2.21 bits per heavy atom. The molecule has 0 aliphatic carbocycles. The molecule has 2 aromatic rings. The fourth-order valence-electron chi connectivity index (χ4n) is 2.59. The number of likely N-dealkylation sites (N-methyl/N-ethyl adjacent to an activating group) is 1. The topological polar surface area (TPSA) is 75.1 Å². The molecule has 0 radical (unpaired) electrons. The number of hydrogen-bond acceptors (Lipinski definition) is 4. The highest BCUT2D eigenvalue weighted by Gasteiger charge is 2.20. The summed E-state index contributed by atoms with van der Waals surface area (Å²) >= 11 is 0. The average molecular weight is 263 g/mol. The molecule has 2 rings (SSSR count). The first-order valence-electron chi connectivity index (χ1n) is 6.76.